The summed E-state index contributed by atoms with van der Waals surface area (Å²) >= 11 is 0. The second-order valence-electron chi connectivity index (χ2n) is 3.86. The topological polar surface area (TPSA) is 49.4 Å². The average Bonchev–Trinajstić information content (AvgIpc) is 2.32. The van der Waals surface area contributed by atoms with E-state index in [1.165, 1.54) is 25.3 Å². The summed E-state index contributed by atoms with van der Waals surface area (Å²) in [5, 5.41) is 2.86. The monoisotopic (exact) mass is 272 g/mol. The number of hydrogen-bond acceptors (Lipinski definition) is 3. The van der Waals surface area contributed by atoms with Gasteiger partial charge in [-0.15, -0.1) is 6.58 Å². The van der Waals surface area contributed by atoms with Crippen molar-refractivity contribution in [3.63, 3.8) is 0 Å². The van der Waals surface area contributed by atoms with Gasteiger partial charge in [0.25, 0.3) is 0 Å². The molecule has 0 fully saturated rings. The highest BCUT2D eigenvalue weighted by Crippen LogP contribution is 2.20. The van der Waals surface area contributed by atoms with Gasteiger partial charge in [-0.05, 0) is 24.7 Å². The molecule has 1 rings (SSSR count). The fourth-order valence-electron chi connectivity index (χ4n) is 1.55. The van der Waals surface area contributed by atoms with E-state index < -0.39 is 15.8 Å². The summed E-state index contributed by atoms with van der Waals surface area (Å²) in [5.74, 6) is -0.569. The Morgan fingerprint density at radius 1 is 1.50 bits per heavy atom. The molecule has 0 radical (unpaired) electrons. The van der Waals surface area contributed by atoms with E-state index in [9.17, 15) is 12.8 Å². The predicted molar refractivity (Wildman–Crippen MR) is 69.2 cm³/mol. The van der Waals surface area contributed by atoms with Crippen LogP contribution in [-0.2, 0) is 16.6 Å². The molecule has 0 aliphatic rings. The molecule has 0 heterocycles. The van der Waals surface area contributed by atoms with Crippen LogP contribution in [0.1, 0.15) is 5.56 Å². The second kappa shape index (κ2) is 6.08. The number of sulfonamides is 1. The molecule has 0 aliphatic heterocycles. The highest BCUT2D eigenvalue weighted by molar-refractivity contribution is 7.89. The van der Waals surface area contributed by atoms with Gasteiger partial charge in [0.15, 0.2) is 0 Å². The van der Waals surface area contributed by atoms with Crippen LogP contribution in [0, 0.1) is 5.82 Å². The Hall–Kier alpha value is -1.24. The molecule has 1 aromatic rings. The lowest BCUT2D eigenvalue weighted by Gasteiger charge is -2.17. The Morgan fingerprint density at radius 3 is 2.72 bits per heavy atom. The maximum Gasteiger partial charge on any atom is 0.243 e. The molecule has 4 nitrogen and oxygen atoms in total. The molecular formula is C12H17FN2O2S. The summed E-state index contributed by atoms with van der Waals surface area (Å²) in [4.78, 5) is -0.0128. The highest BCUT2D eigenvalue weighted by Gasteiger charge is 2.23. The lowest BCUT2D eigenvalue weighted by Crippen LogP contribution is -2.28. The van der Waals surface area contributed by atoms with Gasteiger partial charge in [-0.2, -0.15) is 4.31 Å². The molecule has 0 bridgehead atoms. The standard InChI is InChI=1S/C12H17FN2O2S/c1-4-7-15(3)18(16,17)12-8-11(13)6-5-10(12)9-14-2/h4-6,8,14H,1,7,9H2,2-3H3. The molecule has 0 aromatic heterocycles. The maximum absolute atomic E-state index is 13.2. The van der Waals surface area contributed by atoms with Gasteiger partial charge in [0, 0.05) is 20.1 Å². The molecule has 1 N–H and O–H groups in total. The summed E-state index contributed by atoms with van der Waals surface area (Å²) < 4.78 is 38.9. The SMILES string of the molecule is C=CCN(C)S(=O)(=O)c1cc(F)ccc1CNC. The largest absolute Gasteiger partial charge is 0.316 e. The smallest absolute Gasteiger partial charge is 0.243 e. The number of nitrogens with zero attached hydrogens (tertiary/aromatic N) is 1. The van der Waals surface area contributed by atoms with E-state index in [0.717, 1.165) is 10.4 Å². The van der Waals surface area contributed by atoms with Gasteiger partial charge in [0.2, 0.25) is 10.0 Å². The van der Waals surface area contributed by atoms with Crippen molar-refractivity contribution in [2.24, 2.45) is 0 Å². The van der Waals surface area contributed by atoms with Crippen LogP contribution in [-0.4, -0.2) is 33.4 Å². The highest BCUT2D eigenvalue weighted by atomic mass is 32.2. The summed E-state index contributed by atoms with van der Waals surface area (Å²) in [6.45, 7) is 4.03. The van der Waals surface area contributed by atoms with E-state index in [4.69, 9.17) is 0 Å². The fraction of sp³-hybridized carbons (Fsp3) is 0.333. The molecule has 0 unspecified atom stereocenters. The Balaban J connectivity index is 3.29. The van der Waals surface area contributed by atoms with Crippen LogP contribution in [0.25, 0.3) is 0 Å². The van der Waals surface area contributed by atoms with E-state index in [1.54, 1.807) is 7.05 Å². The first kappa shape index (κ1) is 14.8. The molecule has 0 saturated carbocycles. The van der Waals surface area contributed by atoms with Gasteiger partial charge in [0.1, 0.15) is 5.82 Å². The van der Waals surface area contributed by atoms with Crippen molar-refractivity contribution < 1.29 is 12.8 Å². The van der Waals surface area contributed by atoms with Crippen molar-refractivity contribution in [3.8, 4) is 0 Å². The van der Waals surface area contributed by atoms with E-state index in [0.29, 0.717) is 12.1 Å². The van der Waals surface area contributed by atoms with Crippen molar-refractivity contribution in [1.29, 1.82) is 0 Å². The third-order valence-electron chi connectivity index (χ3n) is 2.47. The van der Waals surface area contributed by atoms with Crippen LogP contribution >= 0.6 is 0 Å². The number of likely N-dealkylation sites (N-methyl/N-ethyl adjacent to an activating group) is 1. The number of hydrogen-bond donors (Lipinski definition) is 1. The number of rotatable bonds is 6. The van der Waals surface area contributed by atoms with Crippen molar-refractivity contribution in [2.75, 3.05) is 20.6 Å². The Bertz CT molecular complexity index is 529. The van der Waals surface area contributed by atoms with E-state index in [-0.39, 0.29) is 11.4 Å². The Morgan fingerprint density at radius 2 is 2.17 bits per heavy atom. The molecule has 6 heteroatoms. The molecule has 18 heavy (non-hydrogen) atoms. The van der Waals surface area contributed by atoms with Gasteiger partial charge >= 0.3 is 0 Å². The zero-order valence-electron chi connectivity index (χ0n) is 10.5. The van der Waals surface area contributed by atoms with Gasteiger partial charge < -0.3 is 5.32 Å². The third-order valence-corrected chi connectivity index (χ3v) is 4.38. The van der Waals surface area contributed by atoms with Crippen LogP contribution < -0.4 is 5.32 Å². The van der Waals surface area contributed by atoms with Crippen molar-refractivity contribution >= 4 is 10.0 Å². The van der Waals surface area contributed by atoms with Crippen molar-refractivity contribution in [3.05, 3.63) is 42.2 Å². The minimum Gasteiger partial charge on any atom is -0.316 e. The summed E-state index contributed by atoms with van der Waals surface area (Å²) in [5.41, 5.74) is 0.537. The van der Waals surface area contributed by atoms with Gasteiger partial charge in [0.05, 0.1) is 4.90 Å². The minimum absolute atomic E-state index is 0.0128. The molecule has 0 aliphatic carbocycles. The van der Waals surface area contributed by atoms with E-state index in [2.05, 4.69) is 11.9 Å². The van der Waals surface area contributed by atoms with Gasteiger partial charge in [-0.3, -0.25) is 0 Å². The normalized spacial score (nSPS) is 11.8. The third kappa shape index (κ3) is 3.16. The van der Waals surface area contributed by atoms with Crippen molar-refractivity contribution in [2.45, 2.75) is 11.4 Å². The first-order valence-electron chi connectivity index (χ1n) is 5.43. The maximum atomic E-state index is 13.2. The summed E-state index contributed by atoms with van der Waals surface area (Å²) in [6, 6.07) is 3.77. The van der Waals surface area contributed by atoms with Crippen molar-refractivity contribution in [1.82, 2.24) is 9.62 Å². The molecular weight excluding hydrogens is 255 g/mol. The van der Waals surface area contributed by atoms with Crippen LogP contribution in [0.2, 0.25) is 0 Å². The number of halogens is 1. The second-order valence-corrected chi connectivity index (χ2v) is 5.87. The number of nitrogens with one attached hydrogen (secondary N) is 1. The lowest BCUT2D eigenvalue weighted by atomic mass is 10.2. The average molecular weight is 272 g/mol. The zero-order chi connectivity index (χ0) is 13.8. The fourth-order valence-corrected chi connectivity index (χ4v) is 2.92. The molecule has 100 valence electrons. The van der Waals surface area contributed by atoms with Crippen LogP contribution in [0.15, 0.2) is 35.7 Å². The molecule has 0 amide bonds. The molecule has 1 aromatic carbocycles. The number of benzene rings is 1. The Labute approximate surface area is 107 Å². The van der Waals surface area contributed by atoms with Gasteiger partial charge in [-0.25, -0.2) is 12.8 Å². The molecule has 0 saturated heterocycles. The lowest BCUT2D eigenvalue weighted by molar-refractivity contribution is 0.496. The van der Waals surface area contributed by atoms with E-state index >= 15 is 0 Å². The quantitative estimate of drug-likeness (QED) is 0.795. The molecule has 0 spiro atoms. The van der Waals surface area contributed by atoms with Gasteiger partial charge in [-0.1, -0.05) is 12.1 Å². The Kier molecular flexibility index (Phi) is 5.01. The minimum atomic E-state index is -3.69. The predicted octanol–water partition coefficient (Wildman–Crippen LogP) is 1.35. The first-order valence-corrected chi connectivity index (χ1v) is 6.87. The van der Waals surface area contributed by atoms with Crippen LogP contribution in [0.4, 0.5) is 4.39 Å². The zero-order valence-corrected chi connectivity index (χ0v) is 11.3. The summed E-state index contributed by atoms with van der Waals surface area (Å²) in [7, 11) is -0.557. The van der Waals surface area contributed by atoms with E-state index in [1.807, 2.05) is 0 Å². The van der Waals surface area contributed by atoms with Crippen LogP contribution in [0.5, 0.6) is 0 Å². The van der Waals surface area contributed by atoms with Crippen LogP contribution in [0.3, 0.4) is 0 Å². The first-order chi connectivity index (χ1) is 8.43. The molecule has 0 atom stereocenters. The summed E-state index contributed by atoms with van der Waals surface area (Å²) in [6.07, 6.45) is 1.48.